The van der Waals surface area contributed by atoms with E-state index in [-0.39, 0.29) is 54.8 Å². The Kier molecular flexibility index (Phi) is 7.75. The van der Waals surface area contributed by atoms with Crippen LogP contribution in [0.2, 0.25) is 0 Å². The van der Waals surface area contributed by atoms with Crippen molar-refractivity contribution in [2.75, 3.05) is 6.61 Å². The number of aromatic nitrogens is 1. The lowest BCUT2D eigenvalue weighted by Crippen LogP contribution is -2.62. The lowest BCUT2D eigenvalue weighted by molar-refractivity contribution is -0.497. The molecule has 0 bridgehead atoms. The summed E-state index contributed by atoms with van der Waals surface area (Å²) in [7, 11) is 0. The molecule has 4 aliphatic carbocycles. The average molecular weight is 559 g/mol. The Bertz CT molecular complexity index is 1220. The minimum Gasteiger partial charge on any atom is -0.457 e. The number of nitrogens with zero attached hydrogens (tertiary/aromatic N) is 2. The molecule has 40 heavy (non-hydrogen) atoms. The van der Waals surface area contributed by atoms with Gasteiger partial charge in [-0.3, -0.25) is 29.8 Å². The van der Waals surface area contributed by atoms with E-state index in [0.29, 0.717) is 30.7 Å². The molecule has 3 saturated carbocycles. The van der Waals surface area contributed by atoms with Gasteiger partial charge in [0.25, 0.3) is 0 Å². The predicted molar refractivity (Wildman–Crippen MR) is 137 cm³/mol. The van der Waals surface area contributed by atoms with Gasteiger partial charge < -0.3 is 14.9 Å². The van der Waals surface area contributed by atoms with Crippen LogP contribution < -0.4 is 0 Å². The molecule has 3 fully saturated rings. The van der Waals surface area contributed by atoms with Crippen LogP contribution in [0, 0.1) is 28.6 Å². The first-order valence-electron chi connectivity index (χ1n) is 14.0. The highest BCUT2D eigenvalue weighted by atomic mass is 17.1. The SMILES string of the molecule is C[C@]12CCC(=O)C=C1CCC1C2[C@@H](O)C[C@@]2(C)C1CC[C@]2(O)C(=O)COC(=O)Cc1cccc(CON(O)O)n1. The molecule has 11 heteroatoms. The standard InChI is InChI=1S/C29H38N2O9/c1-27-10-8-20(32)12-17(27)6-7-21-22-9-11-29(36,28(22,2)14-23(33)26(21)27)24(34)16-39-25(35)13-18-4-3-5-19(30-18)15-40-31(37)38/h3-5,12,21-23,26,33,36-38H,6-11,13-16H2,1-2H3/t21?,22?,23-,26?,27-,28-,29-/m0/s1. The van der Waals surface area contributed by atoms with Crippen molar-refractivity contribution in [3.8, 4) is 0 Å². The molecule has 1 heterocycles. The van der Waals surface area contributed by atoms with E-state index in [1.165, 1.54) is 0 Å². The Morgan fingerprint density at radius 3 is 2.62 bits per heavy atom. The molecule has 0 aromatic carbocycles. The number of hydrogen-bond donors (Lipinski definition) is 4. The lowest BCUT2D eigenvalue weighted by atomic mass is 9.45. The summed E-state index contributed by atoms with van der Waals surface area (Å²) in [5.41, 5.74) is -1.02. The Balaban J connectivity index is 1.25. The van der Waals surface area contributed by atoms with Crippen LogP contribution in [0.1, 0.15) is 70.2 Å². The highest BCUT2D eigenvalue weighted by Crippen LogP contribution is 2.67. The summed E-state index contributed by atoms with van der Waals surface area (Å²) >= 11 is 0. The summed E-state index contributed by atoms with van der Waals surface area (Å²) in [6, 6.07) is 4.79. The van der Waals surface area contributed by atoms with Crippen molar-refractivity contribution in [2.24, 2.45) is 28.6 Å². The molecule has 0 saturated heterocycles. The second-order valence-corrected chi connectivity index (χ2v) is 12.4. The summed E-state index contributed by atoms with van der Waals surface area (Å²) < 4.78 is 5.27. The monoisotopic (exact) mass is 558 g/mol. The van der Waals surface area contributed by atoms with Crippen LogP contribution in [0.25, 0.3) is 0 Å². The molecule has 4 N–H and O–H groups in total. The third-order valence-electron chi connectivity index (χ3n) is 10.4. The number of esters is 1. The van der Waals surface area contributed by atoms with Gasteiger partial charge in [0.05, 0.1) is 29.3 Å². The Hall–Kier alpha value is -2.54. The number of aliphatic hydroxyl groups excluding tert-OH is 1. The van der Waals surface area contributed by atoms with Gasteiger partial charge in [0, 0.05) is 11.8 Å². The Labute approximate surface area is 232 Å². The van der Waals surface area contributed by atoms with Crippen molar-refractivity contribution < 1.29 is 44.6 Å². The van der Waals surface area contributed by atoms with E-state index in [1.807, 2.05) is 6.92 Å². The molecule has 1 aromatic heterocycles. The molecular formula is C29H38N2O9. The summed E-state index contributed by atoms with van der Waals surface area (Å²) in [6.45, 7) is 3.23. The number of carbonyl (C=O) groups is 3. The van der Waals surface area contributed by atoms with Crippen LogP contribution >= 0.6 is 0 Å². The molecule has 0 amide bonds. The number of hydrogen-bond acceptors (Lipinski definition) is 11. The fourth-order valence-electron chi connectivity index (χ4n) is 8.45. The maximum atomic E-state index is 13.4. The first kappa shape index (κ1) is 29.0. The third-order valence-corrected chi connectivity index (χ3v) is 10.4. The van der Waals surface area contributed by atoms with Crippen molar-refractivity contribution in [3.05, 3.63) is 41.2 Å². The molecule has 218 valence electrons. The molecule has 4 aliphatic rings. The number of ketones is 2. The molecule has 5 rings (SSSR count). The zero-order chi connectivity index (χ0) is 28.9. The topological polar surface area (TPSA) is 167 Å². The summed E-state index contributed by atoms with van der Waals surface area (Å²) in [6.07, 6.45) is 4.77. The van der Waals surface area contributed by atoms with Crippen LogP contribution in [0.3, 0.4) is 0 Å². The van der Waals surface area contributed by atoms with Gasteiger partial charge in [0.15, 0.2) is 12.4 Å². The highest BCUT2D eigenvalue weighted by molar-refractivity contribution is 5.92. The zero-order valence-corrected chi connectivity index (χ0v) is 22.9. The number of pyridine rings is 1. The normalized spacial score (nSPS) is 36.9. The minimum atomic E-state index is -1.72. The molecule has 3 unspecified atom stereocenters. The maximum absolute atomic E-state index is 13.4. The van der Waals surface area contributed by atoms with E-state index < -0.39 is 40.9 Å². The van der Waals surface area contributed by atoms with Gasteiger partial charge in [-0.1, -0.05) is 25.5 Å². The summed E-state index contributed by atoms with van der Waals surface area (Å²) in [5.74, 6) is -0.982. The van der Waals surface area contributed by atoms with Gasteiger partial charge in [-0.25, -0.2) is 4.84 Å². The summed E-state index contributed by atoms with van der Waals surface area (Å²) in [4.78, 5) is 46.8. The van der Waals surface area contributed by atoms with Gasteiger partial charge in [-0.15, -0.1) is 0 Å². The zero-order valence-electron chi connectivity index (χ0n) is 22.9. The lowest BCUT2D eigenvalue weighted by Gasteiger charge is -2.60. The average Bonchev–Trinajstić information content (AvgIpc) is 3.17. The van der Waals surface area contributed by atoms with Crippen LogP contribution in [0.15, 0.2) is 29.8 Å². The first-order valence-corrected chi connectivity index (χ1v) is 14.0. The predicted octanol–water partition coefficient (Wildman–Crippen LogP) is 2.48. The molecule has 11 nitrogen and oxygen atoms in total. The van der Waals surface area contributed by atoms with Crippen LogP contribution in [0.5, 0.6) is 0 Å². The van der Waals surface area contributed by atoms with Gasteiger partial charge in [-0.2, -0.15) is 0 Å². The molecule has 7 atom stereocenters. The minimum absolute atomic E-state index is 0.0274. The van der Waals surface area contributed by atoms with Crippen LogP contribution in [0.4, 0.5) is 0 Å². The molecule has 0 radical (unpaired) electrons. The van der Waals surface area contributed by atoms with Crippen LogP contribution in [-0.4, -0.2) is 66.8 Å². The van der Waals surface area contributed by atoms with Gasteiger partial charge >= 0.3 is 5.97 Å². The number of carbonyl (C=O) groups excluding carboxylic acids is 3. The van der Waals surface area contributed by atoms with E-state index in [9.17, 15) is 24.6 Å². The van der Waals surface area contributed by atoms with E-state index in [4.69, 9.17) is 15.2 Å². The molecule has 0 aliphatic heterocycles. The van der Waals surface area contributed by atoms with Crippen molar-refractivity contribution in [1.82, 2.24) is 10.4 Å². The smallest absolute Gasteiger partial charge is 0.312 e. The molecular weight excluding hydrogens is 520 g/mol. The van der Waals surface area contributed by atoms with Crippen LogP contribution in [-0.2, 0) is 37.0 Å². The van der Waals surface area contributed by atoms with Gasteiger partial charge in [0.2, 0.25) is 5.78 Å². The quantitative estimate of drug-likeness (QED) is 0.273. The molecule has 0 spiro atoms. The fraction of sp³-hybridized carbons (Fsp3) is 0.655. The number of Topliss-reactive ketones (excluding diaryl/α,β-unsaturated/α-hetero) is 1. The van der Waals surface area contributed by atoms with Crippen molar-refractivity contribution in [2.45, 2.75) is 83.5 Å². The number of rotatable bonds is 8. The largest absolute Gasteiger partial charge is 0.457 e. The number of ether oxygens (including phenoxy) is 1. The van der Waals surface area contributed by atoms with Crippen molar-refractivity contribution >= 4 is 17.5 Å². The summed E-state index contributed by atoms with van der Waals surface area (Å²) in [5, 5.41) is 40.2. The fourth-order valence-corrected chi connectivity index (χ4v) is 8.45. The highest BCUT2D eigenvalue weighted by Gasteiger charge is 2.68. The van der Waals surface area contributed by atoms with E-state index in [0.717, 1.165) is 18.4 Å². The van der Waals surface area contributed by atoms with Crippen molar-refractivity contribution in [3.63, 3.8) is 0 Å². The number of aliphatic hydroxyl groups is 2. The van der Waals surface area contributed by atoms with Gasteiger partial charge in [0.1, 0.15) is 12.2 Å². The second-order valence-electron chi connectivity index (χ2n) is 12.4. The Morgan fingerprint density at radius 1 is 1.12 bits per heavy atom. The number of fused-ring (bicyclic) bond motifs is 5. The third kappa shape index (κ3) is 4.93. The second kappa shape index (κ2) is 10.7. The van der Waals surface area contributed by atoms with Gasteiger partial charge in [-0.05, 0) is 79.9 Å². The van der Waals surface area contributed by atoms with E-state index in [2.05, 4.69) is 16.7 Å². The van der Waals surface area contributed by atoms with E-state index in [1.54, 1.807) is 24.3 Å². The Morgan fingerprint density at radius 2 is 1.88 bits per heavy atom. The van der Waals surface area contributed by atoms with E-state index >= 15 is 0 Å². The molecule has 1 aromatic rings. The number of allylic oxidation sites excluding steroid dienone is 1. The first-order chi connectivity index (χ1) is 18.9. The van der Waals surface area contributed by atoms with Crippen molar-refractivity contribution in [1.29, 1.82) is 0 Å². The maximum Gasteiger partial charge on any atom is 0.312 e.